The highest BCUT2D eigenvalue weighted by Crippen LogP contribution is 2.46. The fourth-order valence-corrected chi connectivity index (χ4v) is 3.70. The Hall–Kier alpha value is -1.06. The summed E-state index contributed by atoms with van der Waals surface area (Å²) >= 11 is 0. The van der Waals surface area contributed by atoms with Crippen LogP contribution in [0.3, 0.4) is 0 Å². The van der Waals surface area contributed by atoms with E-state index in [1.54, 1.807) is 0 Å². The van der Waals surface area contributed by atoms with E-state index in [9.17, 15) is 9.59 Å². The molecule has 0 aromatic carbocycles. The number of piperidine rings is 1. The van der Waals surface area contributed by atoms with Gasteiger partial charge in [-0.15, -0.1) is 0 Å². The van der Waals surface area contributed by atoms with Crippen LogP contribution in [0.25, 0.3) is 0 Å². The Bertz CT molecular complexity index is 367. The summed E-state index contributed by atoms with van der Waals surface area (Å²) in [6, 6.07) is 0.0544. The summed E-state index contributed by atoms with van der Waals surface area (Å²) in [5, 5.41) is 0. The average molecular weight is 266 g/mol. The van der Waals surface area contributed by atoms with Gasteiger partial charge in [-0.1, -0.05) is 26.7 Å². The van der Waals surface area contributed by atoms with Gasteiger partial charge in [-0.3, -0.25) is 9.59 Å². The maximum absolute atomic E-state index is 12.2. The summed E-state index contributed by atoms with van der Waals surface area (Å²) in [6.45, 7) is 5.10. The molecule has 0 aromatic rings. The molecule has 0 unspecified atom stereocenters. The first-order chi connectivity index (χ1) is 8.97. The lowest BCUT2D eigenvalue weighted by atomic mass is 9.64. The normalized spacial score (nSPS) is 31.4. The van der Waals surface area contributed by atoms with E-state index in [-0.39, 0.29) is 17.9 Å². The zero-order valence-corrected chi connectivity index (χ0v) is 12.2. The predicted octanol–water partition coefficient (Wildman–Crippen LogP) is 2.07. The molecule has 1 saturated heterocycles. The van der Waals surface area contributed by atoms with E-state index >= 15 is 0 Å². The van der Waals surface area contributed by atoms with Crippen LogP contribution in [0.15, 0.2) is 0 Å². The second-order valence-electron chi connectivity index (χ2n) is 6.55. The maximum atomic E-state index is 12.2. The van der Waals surface area contributed by atoms with Crippen molar-refractivity contribution in [2.24, 2.45) is 17.1 Å². The van der Waals surface area contributed by atoms with Crippen LogP contribution in [-0.4, -0.2) is 29.3 Å². The second kappa shape index (κ2) is 5.51. The first-order valence-corrected chi connectivity index (χ1v) is 7.57. The van der Waals surface area contributed by atoms with Crippen molar-refractivity contribution in [1.29, 1.82) is 0 Å². The number of carbonyl (C=O) groups is 2. The van der Waals surface area contributed by atoms with Crippen molar-refractivity contribution in [2.75, 3.05) is 6.54 Å². The van der Waals surface area contributed by atoms with Crippen molar-refractivity contribution in [1.82, 2.24) is 4.90 Å². The van der Waals surface area contributed by atoms with Crippen LogP contribution in [0.2, 0.25) is 0 Å². The van der Waals surface area contributed by atoms with E-state index in [1.165, 1.54) is 0 Å². The molecule has 1 saturated carbocycles. The number of hydrogen-bond acceptors (Lipinski definition) is 2. The number of nitrogens with zero attached hydrogens (tertiary/aromatic N) is 1. The lowest BCUT2D eigenvalue weighted by Crippen LogP contribution is -2.61. The monoisotopic (exact) mass is 266 g/mol. The topological polar surface area (TPSA) is 63.4 Å². The minimum Gasteiger partial charge on any atom is -0.369 e. The van der Waals surface area contributed by atoms with Gasteiger partial charge >= 0.3 is 0 Å². The highest BCUT2D eigenvalue weighted by molar-refractivity contribution is 5.86. The minimum absolute atomic E-state index is 0.0544. The first kappa shape index (κ1) is 14.4. The number of carbonyl (C=O) groups excluding carboxylic acids is 2. The van der Waals surface area contributed by atoms with E-state index in [0.717, 1.165) is 38.6 Å². The van der Waals surface area contributed by atoms with Crippen molar-refractivity contribution in [3.05, 3.63) is 0 Å². The first-order valence-electron chi connectivity index (χ1n) is 7.57. The summed E-state index contributed by atoms with van der Waals surface area (Å²) in [7, 11) is 0. The van der Waals surface area contributed by atoms with Crippen molar-refractivity contribution >= 4 is 11.8 Å². The lowest BCUT2D eigenvalue weighted by Gasteiger charge is -2.50. The van der Waals surface area contributed by atoms with Gasteiger partial charge in [0.15, 0.2) is 0 Å². The van der Waals surface area contributed by atoms with Gasteiger partial charge in [-0.2, -0.15) is 0 Å². The molecule has 2 atom stereocenters. The third kappa shape index (κ3) is 2.63. The third-order valence-electron chi connectivity index (χ3n) is 4.91. The molecule has 2 fully saturated rings. The molecule has 2 N–H and O–H groups in total. The molecule has 2 aliphatic rings. The molecule has 0 radical (unpaired) electrons. The smallest absolute Gasteiger partial charge is 0.225 e. The number of likely N-dealkylation sites (tertiary alicyclic amines) is 1. The van der Waals surface area contributed by atoms with Gasteiger partial charge in [0.05, 0.1) is 5.41 Å². The fraction of sp³-hybridized carbons (Fsp3) is 0.867. The Balaban J connectivity index is 2.20. The molecule has 0 aromatic heterocycles. The number of rotatable bonds is 4. The number of fused-ring (bicyclic) bond motifs is 1. The number of nitrogens with two attached hydrogens (primary N) is 1. The van der Waals surface area contributed by atoms with Crippen LogP contribution in [0.4, 0.5) is 0 Å². The quantitative estimate of drug-likeness (QED) is 0.846. The second-order valence-corrected chi connectivity index (χ2v) is 6.55. The van der Waals surface area contributed by atoms with Gasteiger partial charge in [0, 0.05) is 19.0 Å². The van der Waals surface area contributed by atoms with Crippen LogP contribution in [0.5, 0.6) is 0 Å². The lowest BCUT2D eigenvalue weighted by molar-refractivity contribution is -0.153. The van der Waals surface area contributed by atoms with E-state index in [2.05, 4.69) is 13.8 Å². The standard InChI is InChI=1S/C15H26N2O2/c1-11(2)7-10-17-12-5-3-4-8-15(12,14(16)19)9-6-13(17)18/h11-12H,3-10H2,1-2H3,(H2,16,19)/t12-,15-/m1/s1. The molecular weight excluding hydrogens is 240 g/mol. The molecular formula is C15H26N2O2. The Morgan fingerprint density at radius 3 is 2.79 bits per heavy atom. The molecule has 4 nitrogen and oxygen atoms in total. The van der Waals surface area contributed by atoms with E-state index in [4.69, 9.17) is 5.73 Å². The average Bonchev–Trinajstić information content (AvgIpc) is 2.37. The molecule has 1 aliphatic carbocycles. The highest BCUT2D eigenvalue weighted by Gasteiger charge is 2.52. The van der Waals surface area contributed by atoms with Crippen LogP contribution in [-0.2, 0) is 9.59 Å². The van der Waals surface area contributed by atoms with Crippen molar-refractivity contribution in [2.45, 2.75) is 64.8 Å². The Morgan fingerprint density at radius 2 is 2.16 bits per heavy atom. The van der Waals surface area contributed by atoms with Crippen LogP contribution >= 0.6 is 0 Å². The van der Waals surface area contributed by atoms with E-state index < -0.39 is 5.41 Å². The molecule has 1 aliphatic heterocycles. The van der Waals surface area contributed by atoms with Gasteiger partial charge in [-0.05, 0) is 31.6 Å². The molecule has 2 amide bonds. The van der Waals surface area contributed by atoms with Gasteiger partial charge in [0.25, 0.3) is 0 Å². The largest absolute Gasteiger partial charge is 0.369 e. The molecule has 4 heteroatoms. The molecule has 2 rings (SSSR count). The van der Waals surface area contributed by atoms with E-state index in [0.29, 0.717) is 18.8 Å². The van der Waals surface area contributed by atoms with Crippen LogP contribution in [0, 0.1) is 11.3 Å². The molecule has 1 heterocycles. The van der Waals surface area contributed by atoms with E-state index in [1.807, 2.05) is 4.90 Å². The molecule has 0 bridgehead atoms. The third-order valence-corrected chi connectivity index (χ3v) is 4.91. The fourth-order valence-electron chi connectivity index (χ4n) is 3.70. The molecule has 0 spiro atoms. The molecule has 19 heavy (non-hydrogen) atoms. The minimum atomic E-state index is -0.441. The van der Waals surface area contributed by atoms with Crippen LogP contribution in [0.1, 0.15) is 58.8 Å². The maximum Gasteiger partial charge on any atom is 0.225 e. The van der Waals surface area contributed by atoms with Crippen molar-refractivity contribution < 1.29 is 9.59 Å². The number of amides is 2. The van der Waals surface area contributed by atoms with Gasteiger partial charge in [0.2, 0.25) is 11.8 Å². The van der Waals surface area contributed by atoms with Crippen molar-refractivity contribution in [3.63, 3.8) is 0 Å². The van der Waals surface area contributed by atoms with Gasteiger partial charge in [0.1, 0.15) is 0 Å². The highest BCUT2D eigenvalue weighted by atomic mass is 16.2. The van der Waals surface area contributed by atoms with Crippen LogP contribution < -0.4 is 5.73 Å². The Morgan fingerprint density at radius 1 is 1.42 bits per heavy atom. The molecule has 108 valence electrons. The SMILES string of the molecule is CC(C)CCN1C(=O)CC[C@]2(C(N)=O)CCCC[C@@H]12. The van der Waals surface area contributed by atoms with Crippen molar-refractivity contribution in [3.8, 4) is 0 Å². The summed E-state index contributed by atoms with van der Waals surface area (Å²) in [5.74, 6) is 0.588. The van der Waals surface area contributed by atoms with Gasteiger partial charge < -0.3 is 10.6 Å². The summed E-state index contributed by atoms with van der Waals surface area (Å²) in [5.41, 5.74) is 5.26. The van der Waals surface area contributed by atoms with Gasteiger partial charge in [-0.25, -0.2) is 0 Å². The summed E-state index contributed by atoms with van der Waals surface area (Å²) in [4.78, 5) is 26.2. The zero-order chi connectivity index (χ0) is 14.0. The Labute approximate surface area is 115 Å². The summed E-state index contributed by atoms with van der Waals surface area (Å²) < 4.78 is 0. The predicted molar refractivity (Wildman–Crippen MR) is 74.3 cm³/mol. The summed E-state index contributed by atoms with van der Waals surface area (Å²) in [6.07, 6.45) is 6.10. The zero-order valence-electron chi connectivity index (χ0n) is 12.2. The number of hydrogen-bond donors (Lipinski definition) is 1. The Kier molecular flexibility index (Phi) is 4.16. The number of primary amides is 1.